The molecule has 9 heavy (non-hydrogen) atoms. The minimum atomic E-state index is 1.02. The third kappa shape index (κ3) is 4.70. The topological polar surface area (TPSA) is 0 Å². The van der Waals surface area contributed by atoms with Crippen LogP contribution in [0.5, 0.6) is 0 Å². The van der Waals surface area contributed by atoms with Gasteiger partial charge in [0.1, 0.15) is 0 Å². The highest BCUT2D eigenvalue weighted by Crippen LogP contribution is 2.00. The summed E-state index contributed by atoms with van der Waals surface area (Å²) in [5.41, 5.74) is 0. The van der Waals surface area contributed by atoms with E-state index in [0.29, 0.717) is 0 Å². The predicted octanol–water partition coefficient (Wildman–Crippen LogP) is 3.05. The van der Waals surface area contributed by atoms with Gasteiger partial charge in [-0.1, -0.05) is 30.0 Å². The maximum Gasteiger partial charge on any atom is 0.00399 e. The molecule has 0 fully saturated rings. The van der Waals surface area contributed by atoms with Crippen LogP contribution in [-0.2, 0) is 0 Å². The summed E-state index contributed by atoms with van der Waals surface area (Å²) in [7, 11) is 4.33. The average molecular weight is 179 g/mol. The normalized spacial score (nSPS) is 7.44. The predicted molar refractivity (Wildman–Crippen MR) is 48.5 cm³/mol. The van der Waals surface area contributed by atoms with Crippen molar-refractivity contribution in [3.05, 3.63) is 30.3 Å². The second kappa shape index (κ2) is 6.33. The number of benzene rings is 1. The number of halogens is 1. The summed E-state index contributed by atoms with van der Waals surface area (Å²) in [5, 5.41) is 0. The lowest BCUT2D eigenvalue weighted by molar-refractivity contribution is 1.48. The number of hydrogen-bond acceptors (Lipinski definition) is 2. The summed E-state index contributed by atoms with van der Waals surface area (Å²) >= 11 is 7.08. The second-order valence-corrected chi connectivity index (χ2v) is 1.85. The highest BCUT2D eigenvalue weighted by Gasteiger charge is 1.73. The zero-order valence-corrected chi connectivity index (χ0v) is 7.20. The van der Waals surface area contributed by atoms with Crippen molar-refractivity contribution in [1.29, 1.82) is 0 Å². The van der Waals surface area contributed by atoms with Gasteiger partial charge in [-0.3, -0.25) is 0 Å². The maximum absolute atomic E-state index is 4.33. The van der Waals surface area contributed by atoms with Crippen molar-refractivity contribution < 1.29 is 0 Å². The van der Waals surface area contributed by atoms with E-state index in [1.807, 2.05) is 30.3 Å². The Balaban J connectivity index is 0.000000291. The molecule has 0 unspecified atom stereocenters. The maximum atomic E-state index is 4.33. The molecule has 3 heteroatoms. The van der Waals surface area contributed by atoms with E-state index in [1.54, 1.807) is 0 Å². The van der Waals surface area contributed by atoms with Gasteiger partial charge in [0.05, 0.1) is 0 Å². The van der Waals surface area contributed by atoms with Crippen LogP contribution in [0.1, 0.15) is 0 Å². The average Bonchev–Trinajstić information content (AvgIpc) is 1.94. The van der Waals surface area contributed by atoms with Crippen LogP contribution < -0.4 is 0 Å². The van der Waals surface area contributed by atoms with Gasteiger partial charge >= 0.3 is 0 Å². The molecule has 0 aliphatic heterocycles. The van der Waals surface area contributed by atoms with Gasteiger partial charge in [0.25, 0.3) is 0 Å². The summed E-state index contributed by atoms with van der Waals surface area (Å²) < 4.78 is 0. The lowest BCUT2D eigenvalue weighted by Crippen LogP contribution is -1.56. The Kier molecular flexibility index (Phi) is 6.48. The third-order valence-electron chi connectivity index (χ3n) is 0.756. The summed E-state index contributed by atoms with van der Waals surface area (Å²) in [6.45, 7) is 0. The van der Waals surface area contributed by atoms with Crippen molar-refractivity contribution in [1.82, 2.24) is 0 Å². The molecule has 0 nitrogen and oxygen atoms in total. The highest BCUT2D eigenvalue weighted by atomic mass is 35.7. The van der Waals surface area contributed by atoms with Crippen molar-refractivity contribution in [2.75, 3.05) is 0 Å². The van der Waals surface area contributed by atoms with E-state index >= 15 is 0 Å². The van der Waals surface area contributed by atoms with E-state index in [2.05, 4.69) is 35.2 Å². The minimum Gasteiger partial charge on any atom is -0.143 e. The van der Waals surface area contributed by atoms with Gasteiger partial charge in [-0.25, -0.2) is 0 Å². The fraction of sp³-hybridized carbons (Fsp3) is 0. The SMILES string of the molecule is SCl.Sc1ccccc1. The highest BCUT2D eigenvalue weighted by molar-refractivity contribution is 8.05. The smallest absolute Gasteiger partial charge is 0.00399 e. The summed E-state index contributed by atoms with van der Waals surface area (Å²) in [6.07, 6.45) is 0. The Morgan fingerprint density at radius 3 is 1.67 bits per heavy atom. The van der Waals surface area contributed by atoms with Crippen LogP contribution in [0.2, 0.25) is 0 Å². The molecule has 0 amide bonds. The van der Waals surface area contributed by atoms with Crippen LogP contribution in [-0.4, -0.2) is 0 Å². The van der Waals surface area contributed by atoms with Crippen LogP contribution in [0.3, 0.4) is 0 Å². The molecule has 0 aliphatic carbocycles. The summed E-state index contributed by atoms with van der Waals surface area (Å²) in [5.74, 6) is 0. The quantitative estimate of drug-likeness (QED) is 0.561. The lowest BCUT2D eigenvalue weighted by atomic mass is 10.4. The number of hydrogen-bond donors (Lipinski definition) is 2. The molecule has 0 heterocycles. The van der Waals surface area contributed by atoms with Crippen LogP contribution >= 0.6 is 35.2 Å². The zero-order chi connectivity index (χ0) is 7.11. The van der Waals surface area contributed by atoms with E-state index in [1.165, 1.54) is 0 Å². The molecular weight excluding hydrogens is 172 g/mol. The fourth-order valence-corrected chi connectivity index (χ4v) is 0.600. The molecule has 0 aromatic heterocycles. The van der Waals surface area contributed by atoms with E-state index in [4.69, 9.17) is 0 Å². The van der Waals surface area contributed by atoms with Crippen molar-refractivity contribution in [3.63, 3.8) is 0 Å². The van der Waals surface area contributed by atoms with Gasteiger partial charge in [0.15, 0.2) is 0 Å². The fourth-order valence-electron chi connectivity index (χ4n) is 0.428. The molecule has 0 bridgehead atoms. The van der Waals surface area contributed by atoms with Crippen LogP contribution in [0, 0.1) is 0 Å². The first-order valence-electron chi connectivity index (χ1n) is 2.30. The van der Waals surface area contributed by atoms with Crippen molar-refractivity contribution in [3.8, 4) is 0 Å². The minimum absolute atomic E-state index is 1.02. The molecule has 0 spiro atoms. The molecule has 0 aliphatic rings. The summed E-state index contributed by atoms with van der Waals surface area (Å²) in [4.78, 5) is 1.02. The van der Waals surface area contributed by atoms with Crippen molar-refractivity contribution in [2.45, 2.75) is 4.90 Å². The molecule has 1 aromatic rings. The first kappa shape index (κ1) is 9.21. The van der Waals surface area contributed by atoms with Gasteiger partial charge in [-0.2, -0.15) is 0 Å². The van der Waals surface area contributed by atoms with Gasteiger partial charge in [0.2, 0.25) is 0 Å². The van der Waals surface area contributed by atoms with E-state index in [9.17, 15) is 0 Å². The largest absolute Gasteiger partial charge is 0.143 e. The Morgan fingerprint density at radius 1 is 1.00 bits per heavy atom. The second-order valence-electron chi connectivity index (χ2n) is 1.34. The zero-order valence-electron chi connectivity index (χ0n) is 4.66. The van der Waals surface area contributed by atoms with Crippen molar-refractivity contribution >= 4 is 35.2 Å². The van der Waals surface area contributed by atoms with Gasteiger partial charge in [0, 0.05) is 4.90 Å². The molecular formula is C6H7ClS2. The van der Waals surface area contributed by atoms with Gasteiger partial charge in [-0.05, 0) is 22.8 Å². The standard InChI is InChI=1S/C6H6S.ClHS/c7-6-4-2-1-3-5-6;1-2/h1-5,7H;2H. The van der Waals surface area contributed by atoms with Crippen molar-refractivity contribution in [2.24, 2.45) is 0 Å². The molecule has 0 radical (unpaired) electrons. The monoisotopic (exact) mass is 178 g/mol. The lowest BCUT2D eigenvalue weighted by Gasteiger charge is -1.81. The van der Waals surface area contributed by atoms with E-state index in [-0.39, 0.29) is 0 Å². The van der Waals surface area contributed by atoms with E-state index in [0.717, 1.165) is 4.90 Å². The molecule has 0 saturated carbocycles. The van der Waals surface area contributed by atoms with Gasteiger partial charge in [-0.15, -0.1) is 12.6 Å². The van der Waals surface area contributed by atoms with Gasteiger partial charge < -0.3 is 0 Å². The Bertz CT molecular complexity index is 141. The Morgan fingerprint density at radius 2 is 1.44 bits per heavy atom. The number of rotatable bonds is 0. The first-order valence-corrected chi connectivity index (χ1v) is 4.10. The van der Waals surface area contributed by atoms with Crippen LogP contribution in [0.4, 0.5) is 0 Å². The third-order valence-corrected chi connectivity index (χ3v) is 1.05. The molecule has 0 atom stereocenters. The van der Waals surface area contributed by atoms with Crippen LogP contribution in [0.25, 0.3) is 0 Å². The Labute approximate surface area is 70.6 Å². The Hall–Kier alpha value is 0.210. The molecule has 1 rings (SSSR count). The molecule has 50 valence electrons. The summed E-state index contributed by atoms with van der Waals surface area (Å²) in [6, 6.07) is 9.79. The van der Waals surface area contributed by atoms with E-state index < -0.39 is 0 Å². The molecule has 1 aromatic carbocycles. The first-order chi connectivity index (χ1) is 4.39. The van der Waals surface area contributed by atoms with Crippen LogP contribution in [0.15, 0.2) is 35.2 Å². The number of thiol groups is 2. The molecule has 0 saturated heterocycles. The molecule has 0 N–H and O–H groups in total.